The van der Waals surface area contributed by atoms with E-state index in [0.29, 0.717) is 11.9 Å². The first-order valence-corrected chi connectivity index (χ1v) is 8.63. The molecule has 3 nitrogen and oxygen atoms in total. The van der Waals surface area contributed by atoms with Gasteiger partial charge in [0.1, 0.15) is 0 Å². The van der Waals surface area contributed by atoms with E-state index in [2.05, 4.69) is 37.9 Å². The lowest BCUT2D eigenvalue weighted by atomic mass is 9.75. The molecule has 1 N–H and O–H groups in total. The van der Waals surface area contributed by atoms with Gasteiger partial charge in [0.25, 0.3) is 0 Å². The van der Waals surface area contributed by atoms with Crippen LogP contribution in [0.15, 0.2) is 0 Å². The van der Waals surface area contributed by atoms with Crippen LogP contribution < -0.4 is 5.32 Å². The van der Waals surface area contributed by atoms with Crippen LogP contribution in [0.1, 0.15) is 72.6 Å². The minimum Gasteiger partial charge on any atom is -0.339 e. The molecule has 1 aliphatic rings. The molecule has 1 aliphatic heterocycles. The van der Waals surface area contributed by atoms with E-state index < -0.39 is 0 Å². The van der Waals surface area contributed by atoms with Gasteiger partial charge >= 0.3 is 0 Å². The Morgan fingerprint density at radius 1 is 1.30 bits per heavy atom. The van der Waals surface area contributed by atoms with Crippen molar-refractivity contribution >= 4 is 5.91 Å². The summed E-state index contributed by atoms with van der Waals surface area (Å²) in [5.74, 6) is 0.411. The summed E-state index contributed by atoms with van der Waals surface area (Å²) in [5.41, 5.74) is -0.135. The predicted octanol–water partition coefficient (Wildman–Crippen LogP) is 3.58. The number of carbonyl (C=O) groups excluding carboxylic acids is 1. The van der Waals surface area contributed by atoms with E-state index in [1.165, 1.54) is 0 Å². The van der Waals surface area contributed by atoms with Crippen molar-refractivity contribution < 1.29 is 4.79 Å². The van der Waals surface area contributed by atoms with Crippen LogP contribution in [0.3, 0.4) is 0 Å². The Morgan fingerprint density at radius 2 is 2.05 bits per heavy atom. The average molecular weight is 282 g/mol. The van der Waals surface area contributed by atoms with Crippen molar-refractivity contribution in [2.24, 2.45) is 5.41 Å². The fourth-order valence-corrected chi connectivity index (χ4v) is 3.32. The van der Waals surface area contributed by atoms with Crippen molar-refractivity contribution in [2.45, 2.75) is 78.7 Å². The van der Waals surface area contributed by atoms with E-state index in [1.807, 2.05) is 0 Å². The van der Waals surface area contributed by atoms with Crippen LogP contribution in [0, 0.1) is 5.41 Å². The van der Waals surface area contributed by atoms with Gasteiger partial charge < -0.3 is 10.2 Å². The molecule has 2 atom stereocenters. The SMILES string of the molecule is CCCCN(C(=O)C1(CCC)CCCNC1)C(C)CC. The molecule has 0 saturated carbocycles. The summed E-state index contributed by atoms with van der Waals surface area (Å²) < 4.78 is 0. The van der Waals surface area contributed by atoms with Crippen LogP contribution in [-0.2, 0) is 4.79 Å². The normalized spacial score (nSPS) is 24.4. The van der Waals surface area contributed by atoms with E-state index in [1.54, 1.807) is 0 Å². The Kier molecular flexibility index (Phi) is 7.57. The van der Waals surface area contributed by atoms with Gasteiger partial charge in [-0.25, -0.2) is 0 Å². The van der Waals surface area contributed by atoms with Gasteiger partial charge in [-0.15, -0.1) is 0 Å². The van der Waals surface area contributed by atoms with Crippen molar-refractivity contribution in [2.75, 3.05) is 19.6 Å². The van der Waals surface area contributed by atoms with Crippen molar-refractivity contribution in [3.05, 3.63) is 0 Å². The first-order valence-electron chi connectivity index (χ1n) is 8.63. The molecule has 2 unspecified atom stereocenters. The third-order valence-corrected chi connectivity index (χ3v) is 4.79. The zero-order valence-electron chi connectivity index (χ0n) is 14.0. The minimum atomic E-state index is -0.135. The van der Waals surface area contributed by atoms with E-state index in [9.17, 15) is 4.79 Å². The summed E-state index contributed by atoms with van der Waals surface area (Å²) in [5, 5.41) is 3.46. The molecule has 3 heteroatoms. The maximum Gasteiger partial charge on any atom is 0.230 e. The Morgan fingerprint density at radius 3 is 2.55 bits per heavy atom. The number of unbranched alkanes of at least 4 members (excludes halogenated alkanes) is 1. The quantitative estimate of drug-likeness (QED) is 0.738. The second-order valence-electron chi connectivity index (χ2n) is 6.42. The molecule has 0 spiro atoms. The Hall–Kier alpha value is -0.570. The lowest BCUT2D eigenvalue weighted by Gasteiger charge is -2.42. The summed E-state index contributed by atoms with van der Waals surface area (Å²) >= 11 is 0. The van der Waals surface area contributed by atoms with Crippen LogP contribution in [0.25, 0.3) is 0 Å². The van der Waals surface area contributed by atoms with Crippen molar-refractivity contribution in [3.8, 4) is 0 Å². The molecule has 0 aliphatic carbocycles. The maximum absolute atomic E-state index is 13.2. The van der Waals surface area contributed by atoms with Gasteiger partial charge in [-0.3, -0.25) is 4.79 Å². The molecule has 0 bridgehead atoms. The molecule has 1 heterocycles. The van der Waals surface area contributed by atoms with Crippen LogP contribution in [0.2, 0.25) is 0 Å². The lowest BCUT2D eigenvalue weighted by molar-refractivity contribution is -0.146. The summed E-state index contributed by atoms with van der Waals surface area (Å²) in [6, 6.07) is 0.365. The monoisotopic (exact) mass is 282 g/mol. The molecule has 1 rings (SSSR count). The number of amides is 1. The fourth-order valence-electron chi connectivity index (χ4n) is 3.32. The summed E-state index contributed by atoms with van der Waals surface area (Å²) in [6.45, 7) is 11.6. The number of carbonyl (C=O) groups is 1. The van der Waals surface area contributed by atoms with E-state index >= 15 is 0 Å². The molecule has 1 fully saturated rings. The highest BCUT2D eigenvalue weighted by atomic mass is 16.2. The Bertz CT molecular complexity index is 279. The lowest BCUT2D eigenvalue weighted by Crippen LogP contribution is -2.54. The number of hydrogen-bond donors (Lipinski definition) is 1. The number of hydrogen-bond acceptors (Lipinski definition) is 2. The maximum atomic E-state index is 13.2. The molecule has 1 amide bonds. The highest BCUT2D eigenvalue weighted by Crippen LogP contribution is 2.34. The standard InChI is InChI=1S/C17H34N2O/c1-5-8-13-19(15(4)7-3)16(20)17(10-6-2)11-9-12-18-14-17/h15,18H,5-14H2,1-4H3. The van der Waals surface area contributed by atoms with Gasteiger partial charge in [-0.2, -0.15) is 0 Å². The van der Waals surface area contributed by atoms with Crippen LogP contribution in [-0.4, -0.2) is 36.5 Å². The largest absolute Gasteiger partial charge is 0.339 e. The number of nitrogens with one attached hydrogen (secondary N) is 1. The summed E-state index contributed by atoms with van der Waals surface area (Å²) in [6.07, 6.45) is 7.63. The molecule has 1 saturated heterocycles. The number of piperidine rings is 1. The first-order chi connectivity index (χ1) is 9.61. The number of rotatable bonds is 8. The zero-order valence-corrected chi connectivity index (χ0v) is 14.0. The third kappa shape index (κ3) is 4.21. The second kappa shape index (κ2) is 8.66. The molecule has 118 valence electrons. The van der Waals surface area contributed by atoms with Gasteiger partial charge in [0.2, 0.25) is 5.91 Å². The highest BCUT2D eigenvalue weighted by molar-refractivity contribution is 5.83. The van der Waals surface area contributed by atoms with Gasteiger partial charge in [0.05, 0.1) is 5.41 Å². The summed E-state index contributed by atoms with van der Waals surface area (Å²) in [7, 11) is 0. The molecule has 0 aromatic carbocycles. The summed E-state index contributed by atoms with van der Waals surface area (Å²) in [4.78, 5) is 15.4. The van der Waals surface area contributed by atoms with Crippen LogP contribution >= 0.6 is 0 Å². The third-order valence-electron chi connectivity index (χ3n) is 4.79. The molecular formula is C17H34N2O. The van der Waals surface area contributed by atoms with Crippen molar-refractivity contribution in [3.63, 3.8) is 0 Å². The highest BCUT2D eigenvalue weighted by Gasteiger charge is 2.41. The molecule has 20 heavy (non-hydrogen) atoms. The topological polar surface area (TPSA) is 32.3 Å². The van der Waals surface area contributed by atoms with Gasteiger partial charge in [-0.1, -0.05) is 33.6 Å². The van der Waals surface area contributed by atoms with Gasteiger partial charge in [0, 0.05) is 19.1 Å². The predicted molar refractivity (Wildman–Crippen MR) is 85.8 cm³/mol. The van der Waals surface area contributed by atoms with Crippen LogP contribution in [0.5, 0.6) is 0 Å². The minimum absolute atomic E-state index is 0.135. The molecular weight excluding hydrogens is 248 g/mol. The molecule has 0 aromatic rings. The molecule has 0 aromatic heterocycles. The smallest absolute Gasteiger partial charge is 0.230 e. The Labute approximate surface area is 125 Å². The van der Waals surface area contributed by atoms with Gasteiger partial charge in [-0.05, 0) is 45.6 Å². The average Bonchev–Trinajstić information content (AvgIpc) is 2.48. The molecule has 0 radical (unpaired) electrons. The fraction of sp³-hybridized carbons (Fsp3) is 0.941. The van der Waals surface area contributed by atoms with E-state index in [-0.39, 0.29) is 5.41 Å². The van der Waals surface area contributed by atoms with Crippen molar-refractivity contribution in [1.29, 1.82) is 0 Å². The Balaban J connectivity index is 2.87. The van der Waals surface area contributed by atoms with E-state index in [0.717, 1.165) is 64.6 Å². The zero-order chi connectivity index (χ0) is 15.0. The second-order valence-corrected chi connectivity index (χ2v) is 6.42. The first kappa shape index (κ1) is 17.5. The van der Waals surface area contributed by atoms with Gasteiger partial charge in [0.15, 0.2) is 0 Å². The van der Waals surface area contributed by atoms with Crippen molar-refractivity contribution in [1.82, 2.24) is 10.2 Å². The number of nitrogens with zero attached hydrogens (tertiary/aromatic N) is 1. The van der Waals surface area contributed by atoms with Crippen LogP contribution in [0.4, 0.5) is 0 Å². The van der Waals surface area contributed by atoms with E-state index in [4.69, 9.17) is 0 Å².